The second-order valence-electron chi connectivity index (χ2n) is 5.02. The lowest BCUT2D eigenvalue weighted by Crippen LogP contribution is -2.22. The van der Waals surface area contributed by atoms with Crippen LogP contribution in [-0.2, 0) is 6.54 Å². The molecule has 0 radical (unpaired) electrons. The summed E-state index contributed by atoms with van der Waals surface area (Å²) in [6, 6.07) is 7.25. The van der Waals surface area contributed by atoms with Crippen LogP contribution in [0.25, 0.3) is 0 Å². The summed E-state index contributed by atoms with van der Waals surface area (Å²) in [6.07, 6.45) is 2.65. The van der Waals surface area contributed by atoms with Crippen molar-refractivity contribution in [3.05, 3.63) is 28.2 Å². The van der Waals surface area contributed by atoms with Crippen LogP contribution in [0.3, 0.4) is 0 Å². The highest BCUT2D eigenvalue weighted by atomic mass is 79.9. The zero-order chi connectivity index (χ0) is 12.3. The van der Waals surface area contributed by atoms with E-state index in [2.05, 4.69) is 58.2 Å². The first kappa shape index (κ1) is 12.9. The van der Waals surface area contributed by atoms with Gasteiger partial charge in [-0.2, -0.15) is 0 Å². The van der Waals surface area contributed by atoms with Crippen LogP contribution in [-0.4, -0.2) is 19.1 Å². The molecule has 1 aliphatic rings. The Balaban J connectivity index is 2.05. The Bertz CT molecular complexity index is 370. The standard InChI is InChI=1S/C14H21BrN2/c1-11(2)16-10-12-5-6-14(13(15)9-12)17-7-3-4-8-17/h5-6,9,11,16H,3-4,7-8,10H2,1-2H3. The minimum absolute atomic E-state index is 0.534. The molecule has 1 N–H and O–H groups in total. The fourth-order valence-electron chi connectivity index (χ4n) is 2.20. The van der Waals surface area contributed by atoms with Crippen molar-refractivity contribution in [1.29, 1.82) is 0 Å². The van der Waals surface area contributed by atoms with Crippen LogP contribution in [0, 0.1) is 0 Å². The van der Waals surface area contributed by atoms with Gasteiger partial charge in [0.25, 0.3) is 0 Å². The molecule has 17 heavy (non-hydrogen) atoms. The Morgan fingerprint density at radius 3 is 2.59 bits per heavy atom. The van der Waals surface area contributed by atoms with Gasteiger partial charge in [0.1, 0.15) is 0 Å². The molecule has 0 atom stereocenters. The van der Waals surface area contributed by atoms with Gasteiger partial charge in [-0.3, -0.25) is 0 Å². The van der Waals surface area contributed by atoms with Gasteiger partial charge in [-0.05, 0) is 46.5 Å². The fourth-order valence-corrected chi connectivity index (χ4v) is 2.87. The van der Waals surface area contributed by atoms with Crippen molar-refractivity contribution >= 4 is 21.6 Å². The summed E-state index contributed by atoms with van der Waals surface area (Å²) in [5, 5.41) is 3.44. The predicted molar refractivity (Wildman–Crippen MR) is 77.6 cm³/mol. The second-order valence-corrected chi connectivity index (χ2v) is 5.87. The Morgan fingerprint density at radius 2 is 2.00 bits per heavy atom. The van der Waals surface area contributed by atoms with E-state index in [1.807, 2.05) is 0 Å². The maximum absolute atomic E-state index is 3.69. The summed E-state index contributed by atoms with van der Waals surface area (Å²) in [5.41, 5.74) is 2.68. The fraction of sp³-hybridized carbons (Fsp3) is 0.571. The third-order valence-electron chi connectivity index (χ3n) is 3.17. The summed E-state index contributed by atoms with van der Waals surface area (Å²) in [6.45, 7) is 7.68. The van der Waals surface area contributed by atoms with E-state index in [9.17, 15) is 0 Å². The molecule has 3 heteroatoms. The molecule has 94 valence electrons. The summed E-state index contributed by atoms with van der Waals surface area (Å²) in [4.78, 5) is 2.46. The maximum Gasteiger partial charge on any atom is 0.0510 e. The van der Waals surface area contributed by atoms with Crippen molar-refractivity contribution in [2.45, 2.75) is 39.3 Å². The first-order chi connectivity index (χ1) is 8.16. The van der Waals surface area contributed by atoms with Crippen LogP contribution in [0.1, 0.15) is 32.3 Å². The van der Waals surface area contributed by atoms with E-state index in [0.29, 0.717) is 6.04 Å². The summed E-state index contributed by atoms with van der Waals surface area (Å²) in [7, 11) is 0. The van der Waals surface area contributed by atoms with E-state index in [0.717, 1.165) is 6.54 Å². The van der Waals surface area contributed by atoms with E-state index in [4.69, 9.17) is 0 Å². The molecule has 1 fully saturated rings. The molecule has 0 unspecified atom stereocenters. The van der Waals surface area contributed by atoms with Crippen molar-refractivity contribution < 1.29 is 0 Å². The Labute approximate surface area is 113 Å². The van der Waals surface area contributed by atoms with Crippen molar-refractivity contribution in [2.75, 3.05) is 18.0 Å². The van der Waals surface area contributed by atoms with Crippen LogP contribution in [0.15, 0.2) is 22.7 Å². The van der Waals surface area contributed by atoms with E-state index in [1.165, 1.54) is 41.7 Å². The first-order valence-electron chi connectivity index (χ1n) is 6.43. The number of halogens is 1. The largest absolute Gasteiger partial charge is 0.371 e. The highest BCUT2D eigenvalue weighted by Crippen LogP contribution is 2.29. The summed E-state index contributed by atoms with van der Waals surface area (Å²) in [5.74, 6) is 0. The van der Waals surface area contributed by atoms with Crippen molar-refractivity contribution in [3.63, 3.8) is 0 Å². The number of nitrogens with one attached hydrogen (secondary N) is 1. The monoisotopic (exact) mass is 296 g/mol. The predicted octanol–water partition coefficient (Wildman–Crippen LogP) is 3.55. The quantitative estimate of drug-likeness (QED) is 0.914. The first-order valence-corrected chi connectivity index (χ1v) is 7.23. The number of hydrogen-bond donors (Lipinski definition) is 1. The number of rotatable bonds is 4. The molecule has 0 amide bonds. The van der Waals surface area contributed by atoms with E-state index in [-0.39, 0.29) is 0 Å². The molecule has 1 aromatic rings. The maximum atomic E-state index is 3.69. The van der Waals surface area contributed by atoms with Crippen LogP contribution in [0.2, 0.25) is 0 Å². The molecule has 0 aromatic heterocycles. The highest BCUT2D eigenvalue weighted by Gasteiger charge is 2.14. The van der Waals surface area contributed by atoms with E-state index >= 15 is 0 Å². The minimum Gasteiger partial charge on any atom is -0.371 e. The third-order valence-corrected chi connectivity index (χ3v) is 3.81. The lowest BCUT2D eigenvalue weighted by molar-refractivity contribution is 0.589. The van der Waals surface area contributed by atoms with Gasteiger partial charge in [0.2, 0.25) is 0 Å². The molecule has 0 saturated carbocycles. The van der Waals surface area contributed by atoms with Crippen LogP contribution >= 0.6 is 15.9 Å². The third kappa shape index (κ3) is 3.46. The number of benzene rings is 1. The number of anilines is 1. The number of hydrogen-bond acceptors (Lipinski definition) is 2. The molecular formula is C14H21BrN2. The van der Waals surface area contributed by atoms with Crippen LogP contribution < -0.4 is 10.2 Å². The number of nitrogens with zero attached hydrogens (tertiary/aromatic N) is 1. The lowest BCUT2D eigenvalue weighted by Gasteiger charge is -2.20. The normalized spacial score (nSPS) is 15.9. The summed E-state index contributed by atoms with van der Waals surface area (Å²) < 4.78 is 1.22. The minimum atomic E-state index is 0.534. The molecule has 1 aromatic carbocycles. The molecule has 0 spiro atoms. The van der Waals surface area contributed by atoms with Crippen LogP contribution in [0.5, 0.6) is 0 Å². The molecule has 1 aliphatic heterocycles. The van der Waals surface area contributed by atoms with Gasteiger partial charge in [-0.15, -0.1) is 0 Å². The van der Waals surface area contributed by atoms with Gasteiger partial charge < -0.3 is 10.2 Å². The molecular weight excluding hydrogens is 276 g/mol. The average Bonchev–Trinajstić information content (AvgIpc) is 2.79. The van der Waals surface area contributed by atoms with Crippen molar-refractivity contribution in [3.8, 4) is 0 Å². The Hall–Kier alpha value is -0.540. The Kier molecular flexibility index (Phi) is 4.46. The smallest absolute Gasteiger partial charge is 0.0510 e. The summed E-state index contributed by atoms with van der Waals surface area (Å²) >= 11 is 3.69. The molecule has 1 heterocycles. The van der Waals surface area contributed by atoms with Gasteiger partial charge in [-0.1, -0.05) is 19.9 Å². The molecule has 1 saturated heterocycles. The van der Waals surface area contributed by atoms with Gasteiger partial charge in [0, 0.05) is 30.1 Å². The molecule has 0 bridgehead atoms. The van der Waals surface area contributed by atoms with E-state index in [1.54, 1.807) is 0 Å². The van der Waals surface area contributed by atoms with Crippen molar-refractivity contribution in [2.24, 2.45) is 0 Å². The molecule has 2 nitrogen and oxygen atoms in total. The van der Waals surface area contributed by atoms with Crippen molar-refractivity contribution in [1.82, 2.24) is 5.32 Å². The topological polar surface area (TPSA) is 15.3 Å². The average molecular weight is 297 g/mol. The van der Waals surface area contributed by atoms with Gasteiger partial charge >= 0.3 is 0 Å². The van der Waals surface area contributed by atoms with Gasteiger partial charge in [-0.25, -0.2) is 0 Å². The van der Waals surface area contributed by atoms with Gasteiger partial charge in [0.05, 0.1) is 5.69 Å². The second kappa shape index (κ2) is 5.87. The van der Waals surface area contributed by atoms with E-state index < -0.39 is 0 Å². The lowest BCUT2D eigenvalue weighted by atomic mass is 10.2. The van der Waals surface area contributed by atoms with Crippen LogP contribution in [0.4, 0.5) is 5.69 Å². The highest BCUT2D eigenvalue weighted by molar-refractivity contribution is 9.10. The molecule has 2 rings (SSSR count). The van der Waals surface area contributed by atoms with Gasteiger partial charge in [0.15, 0.2) is 0 Å². The molecule has 0 aliphatic carbocycles. The SMILES string of the molecule is CC(C)NCc1ccc(N2CCCC2)c(Br)c1. The zero-order valence-electron chi connectivity index (χ0n) is 10.7. The Morgan fingerprint density at radius 1 is 1.29 bits per heavy atom. The zero-order valence-corrected chi connectivity index (χ0v) is 12.3.